The maximum absolute atomic E-state index is 13.2. The minimum absolute atomic E-state index is 0.00629. The molecule has 0 bridgehead atoms. The van der Waals surface area contributed by atoms with E-state index in [2.05, 4.69) is 20.2 Å². The summed E-state index contributed by atoms with van der Waals surface area (Å²) in [7, 11) is 0. The largest absolute Gasteiger partial charge is 0.353 e. The summed E-state index contributed by atoms with van der Waals surface area (Å²) in [6.45, 7) is 6.65. The molecule has 3 heterocycles. The number of hydrogen-bond donors (Lipinski definition) is 1. The standard InChI is InChI=1S/C27H29FN6O2/c1-18-3-7-22(8-4-18)31-24-16-25(30-19(2)29-24)32-11-13-33(14-12-32)27(36)20-15-26(35)34(17-20)23-9-5-21(28)6-10-23/h3-10,16,20H,11-15,17H2,1-2H3,(H,29,30,31). The fraction of sp³-hybridized carbons (Fsp3) is 0.333. The van der Waals surface area contributed by atoms with Gasteiger partial charge in [0.15, 0.2) is 0 Å². The lowest BCUT2D eigenvalue weighted by Crippen LogP contribution is -2.51. The molecule has 0 spiro atoms. The molecule has 0 aliphatic carbocycles. The molecule has 5 rings (SSSR count). The highest BCUT2D eigenvalue weighted by Crippen LogP contribution is 2.27. The van der Waals surface area contributed by atoms with Gasteiger partial charge < -0.3 is 20.0 Å². The van der Waals surface area contributed by atoms with E-state index < -0.39 is 0 Å². The molecule has 2 aromatic carbocycles. The zero-order valence-corrected chi connectivity index (χ0v) is 20.4. The number of carbonyl (C=O) groups excluding carboxylic acids is 2. The molecule has 36 heavy (non-hydrogen) atoms. The molecule has 2 amide bonds. The maximum Gasteiger partial charge on any atom is 0.228 e. The van der Waals surface area contributed by atoms with Gasteiger partial charge in [0.25, 0.3) is 0 Å². The number of piperazine rings is 1. The first kappa shape index (κ1) is 23.7. The van der Waals surface area contributed by atoms with Gasteiger partial charge in [0.05, 0.1) is 5.92 Å². The molecule has 2 aliphatic heterocycles. The van der Waals surface area contributed by atoms with Crippen LogP contribution in [0.2, 0.25) is 0 Å². The fourth-order valence-corrected chi connectivity index (χ4v) is 4.72. The first-order valence-corrected chi connectivity index (χ1v) is 12.1. The predicted octanol–water partition coefficient (Wildman–Crippen LogP) is 3.68. The van der Waals surface area contributed by atoms with Crippen LogP contribution in [-0.4, -0.2) is 59.4 Å². The number of halogens is 1. The molecular formula is C27H29FN6O2. The SMILES string of the molecule is Cc1ccc(Nc2cc(N3CCN(C(=O)C4CC(=O)N(c5ccc(F)cc5)C4)CC3)nc(C)n2)cc1. The Morgan fingerprint density at radius 1 is 0.972 bits per heavy atom. The molecule has 2 fully saturated rings. The van der Waals surface area contributed by atoms with Gasteiger partial charge in [0, 0.05) is 56.6 Å². The average Bonchev–Trinajstić information content (AvgIpc) is 3.27. The summed E-state index contributed by atoms with van der Waals surface area (Å²) in [6.07, 6.45) is 0.176. The van der Waals surface area contributed by atoms with Crippen molar-refractivity contribution in [3.8, 4) is 0 Å². The van der Waals surface area contributed by atoms with Gasteiger partial charge in [-0.25, -0.2) is 14.4 Å². The summed E-state index contributed by atoms with van der Waals surface area (Å²) in [5.41, 5.74) is 2.77. The highest BCUT2D eigenvalue weighted by atomic mass is 19.1. The maximum atomic E-state index is 13.2. The summed E-state index contributed by atoms with van der Waals surface area (Å²) in [6, 6.07) is 15.9. The smallest absolute Gasteiger partial charge is 0.228 e. The van der Waals surface area contributed by atoms with Crippen molar-refractivity contribution in [2.24, 2.45) is 5.92 Å². The number of aryl methyl sites for hydroxylation is 2. The summed E-state index contributed by atoms with van der Waals surface area (Å²) >= 11 is 0. The molecule has 1 unspecified atom stereocenters. The second-order valence-corrected chi connectivity index (χ2v) is 9.34. The van der Waals surface area contributed by atoms with Crippen LogP contribution in [0.3, 0.4) is 0 Å². The first-order chi connectivity index (χ1) is 17.4. The van der Waals surface area contributed by atoms with Crippen molar-refractivity contribution in [2.45, 2.75) is 20.3 Å². The van der Waals surface area contributed by atoms with Crippen molar-refractivity contribution < 1.29 is 14.0 Å². The van der Waals surface area contributed by atoms with Crippen LogP contribution in [-0.2, 0) is 9.59 Å². The van der Waals surface area contributed by atoms with Crippen LogP contribution >= 0.6 is 0 Å². The zero-order chi connectivity index (χ0) is 25.2. The number of benzene rings is 2. The Balaban J connectivity index is 1.20. The summed E-state index contributed by atoms with van der Waals surface area (Å²) < 4.78 is 13.2. The summed E-state index contributed by atoms with van der Waals surface area (Å²) in [5, 5.41) is 3.34. The molecule has 2 saturated heterocycles. The van der Waals surface area contributed by atoms with Gasteiger partial charge in [-0.3, -0.25) is 9.59 Å². The molecule has 1 N–H and O–H groups in total. The number of nitrogens with zero attached hydrogens (tertiary/aromatic N) is 5. The average molecular weight is 489 g/mol. The van der Waals surface area contributed by atoms with Crippen LogP contribution in [0.4, 0.5) is 27.4 Å². The van der Waals surface area contributed by atoms with Crippen molar-refractivity contribution in [1.82, 2.24) is 14.9 Å². The van der Waals surface area contributed by atoms with Gasteiger partial charge in [-0.05, 0) is 50.2 Å². The lowest BCUT2D eigenvalue weighted by Gasteiger charge is -2.36. The van der Waals surface area contributed by atoms with Gasteiger partial charge >= 0.3 is 0 Å². The molecule has 3 aromatic rings. The second-order valence-electron chi connectivity index (χ2n) is 9.34. The summed E-state index contributed by atoms with van der Waals surface area (Å²) in [5.74, 6) is 1.37. The van der Waals surface area contributed by atoms with Crippen molar-refractivity contribution in [2.75, 3.05) is 47.8 Å². The quantitative estimate of drug-likeness (QED) is 0.590. The van der Waals surface area contributed by atoms with Crippen molar-refractivity contribution in [3.05, 3.63) is 71.8 Å². The van der Waals surface area contributed by atoms with E-state index in [1.54, 1.807) is 17.0 Å². The molecule has 1 atom stereocenters. The summed E-state index contributed by atoms with van der Waals surface area (Å²) in [4.78, 5) is 40.4. The van der Waals surface area contributed by atoms with Crippen LogP contribution in [0.5, 0.6) is 0 Å². The highest BCUT2D eigenvalue weighted by molar-refractivity contribution is 6.00. The Kier molecular flexibility index (Phi) is 6.54. The van der Waals surface area contributed by atoms with Crippen LogP contribution in [0, 0.1) is 25.6 Å². The molecule has 9 heteroatoms. The molecule has 186 valence electrons. The Labute approximate surface area is 209 Å². The van der Waals surface area contributed by atoms with Gasteiger partial charge in [0.2, 0.25) is 11.8 Å². The molecule has 0 radical (unpaired) electrons. The van der Waals surface area contributed by atoms with Crippen molar-refractivity contribution >= 4 is 34.8 Å². The van der Waals surface area contributed by atoms with Gasteiger partial charge in [0.1, 0.15) is 23.3 Å². The number of anilines is 4. The Morgan fingerprint density at radius 3 is 2.36 bits per heavy atom. The topological polar surface area (TPSA) is 81.7 Å². The van der Waals surface area contributed by atoms with E-state index in [1.165, 1.54) is 17.7 Å². The minimum atomic E-state index is -0.388. The van der Waals surface area contributed by atoms with E-state index in [4.69, 9.17) is 0 Å². The monoisotopic (exact) mass is 488 g/mol. The number of aromatic nitrogens is 2. The molecule has 1 aromatic heterocycles. The number of amides is 2. The van der Waals surface area contributed by atoms with E-state index in [9.17, 15) is 14.0 Å². The highest BCUT2D eigenvalue weighted by Gasteiger charge is 2.38. The minimum Gasteiger partial charge on any atom is -0.353 e. The Bertz CT molecular complexity index is 1260. The van der Waals surface area contributed by atoms with Crippen LogP contribution in [0.15, 0.2) is 54.6 Å². The Morgan fingerprint density at radius 2 is 1.67 bits per heavy atom. The fourth-order valence-electron chi connectivity index (χ4n) is 4.72. The van der Waals surface area contributed by atoms with Crippen molar-refractivity contribution in [3.63, 3.8) is 0 Å². The predicted molar refractivity (Wildman–Crippen MR) is 137 cm³/mol. The number of carbonyl (C=O) groups is 2. The van der Waals surface area contributed by atoms with E-state index in [-0.39, 0.29) is 30.0 Å². The lowest BCUT2D eigenvalue weighted by molar-refractivity contribution is -0.136. The van der Waals surface area contributed by atoms with Gasteiger partial charge in [-0.1, -0.05) is 17.7 Å². The third kappa shape index (κ3) is 5.15. The van der Waals surface area contributed by atoms with E-state index >= 15 is 0 Å². The lowest BCUT2D eigenvalue weighted by atomic mass is 10.1. The zero-order valence-electron chi connectivity index (χ0n) is 20.4. The molecular weight excluding hydrogens is 459 g/mol. The second kappa shape index (κ2) is 9.93. The first-order valence-electron chi connectivity index (χ1n) is 12.1. The number of rotatable bonds is 5. The van der Waals surface area contributed by atoms with E-state index in [1.807, 2.05) is 49.1 Å². The van der Waals surface area contributed by atoms with E-state index in [0.29, 0.717) is 44.2 Å². The van der Waals surface area contributed by atoms with Crippen LogP contribution in [0.1, 0.15) is 17.8 Å². The Hall–Kier alpha value is -4.01. The van der Waals surface area contributed by atoms with Gasteiger partial charge in [-0.2, -0.15) is 0 Å². The van der Waals surface area contributed by atoms with E-state index in [0.717, 1.165) is 17.3 Å². The van der Waals surface area contributed by atoms with Gasteiger partial charge in [-0.15, -0.1) is 0 Å². The van der Waals surface area contributed by atoms with Crippen LogP contribution < -0.4 is 15.1 Å². The molecule has 2 aliphatic rings. The number of nitrogens with one attached hydrogen (secondary N) is 1. The molecule has 0 saturated carbocycles. The number of hydrogen-bond acceptors (Lipinski definition) is 6. The normalized spacial score (nSPS) is 18.0. The van der Waals surface area contributed by atoms with Crippen molar-refractivity contribution in [1.29, 1.82) is 0 Å². The third-order valence-corrected chi connectivity index (χ3v) is 6.68. The van der Waals surface area contributed by atoms with Crippen LogP contribution in [0.25, 0.3) is 0 Å². The third-order valence-electron chi connectivity index (χ3n) is 6.68. The molecule has 8 nitrogen and oxygen atoms in total.